The highest BCUT2D eigenvalue weighted by molar-refractivity contribution is 5.96. The van der Waals surface area contributed by atoms with Crippen molar-refractivity contribution in [1.82, 2.24) is 0 Å². The van der Waals surface area contributed by atoms with Crippen molar-refractivity contribution >= 4 is 11.6 Å². The SMILES string of the molecule is C[C@]12C[C@@H](O)[C@@H](O)C[C@@H]1C(=O)C=C1[C@@H]2CC[C@]2(C)C(=O)CC[C@@]12O. The van der Waals surface area contributed by atoms with E-state index in [4.69, 9.17) is 0 Å². The van der Waals surface area contributed by atoms with Crippen molar-refractivity contribution in [3.8, 4) is 0 Å². The highest BCUT2D eigenvalue weighted by atomic mass is 16.3. The maximum Gasteiger partial charge on any atom is 0.159 e. The van der Waals surface area contributed by atoms with Crippen molar-refractivity contribution in [2.24, 2.45) is 22.7 Å². The molecule has 0 radical (unpaired) electrons. The lowest BCUT2D eigenvalue weighted by Gasteiger charge is -2.58. The van der Waals surface area contributed by atoms with Gasteiger partial charge in [-0.2, -0.15) is 0 Å². The standard InChI is InChI=1S/C19H26O5/c1-17-9-15(22)14(21)8-12(17)13(20)7-11-10(17)3-5-18(2)16(23)4-6-19(11,18)24/h7,10,12,14-15,21-22,24H,3-6,8-9H2,1-2H3/t10-,12+,14-,15+,17+,18+,19+/m0/s1. The zero-order valence-electron chi connectivity index (χ0n) is 14.3. The van der Waals surface area contributed by atoms with E-state index in [-0.39, 0.29) is 29.8 Å². The predicted octanol–water partition coefficient (Wildman–Crippen LogP) is 1.14. The average Bonchev–Trinajstić information content (AvgIpc) is 2.75. The molecule has 0 aromatic carbocycles. The average molecular weight is 334 g/mol. The molecule has 7 atom stereocenters. The summed E-state index contributed by atoms with van der Waals surface area (Å²) in [5.74, 6) is -0.337. The van der Waals surface area contributed by atoms with Crippen molar-refractivity contribution in [3.63, 3.8) is 0 Å². The lowest BCUT2D eigenvalue weighted by Crippen LogP contribution is -2.60. The minimum absolute atomic E-state index is 0.0219. The predicted molar refractivity (Wildman–Crippen MR) is 86.0 cm³/mol. The van der Waals surface area contributed by atoms with Crippen LogP contribution in [0.4, 0.5) is 0 Å². The van der Waals surface area contributed by atoms with E-state index < -0.39 is 28.6 Å². The molecule has 5 nitrogen and oxygen atoms in total. The van der Waals surface area contributed by atoms with Crippen LogP contribution in [-0.4, -0.2) is 44.7 Å². The monoisotopic (exact) mass is 334 g/mol. The number of allylic oxidation sites excluding steroid dienone is 1. The highest BCUT2D eigenvalue weighted by Gasteiger charge is 2.66. The van der Waals surface area contributed by atoms with Gasteiger partial charge in [0, 0.05) is 12.3 Å². The summed E-state index contributed by atoms with van der Waals surface area (Å²) in [7, 11) is 0. The number of aliphatic hydroxyl groups is 3. The van der Waals surface area contributed by atoms with E-state index in [1.54, 1.807) is 6.08 Å². The Balaban J connectivity index is 1.83. The third-order valence-electron chi connectivity index (χ3n) is 7.83. The van der Waals surface area contributed by atoms with Gasteiger partial charge in [0.1, 0.15) is 5.78 Å². The summed E-state index contributed by atoms with van der Waals surface area (Å²) in [4.78, 5) is 25.2. The number of hydrogen-bond acceptors (Lipinski definition) is 5. The molecule has 0 bridgehead atoms. The first-order valence-electron chi connectivity index (χ1n) is 9.01. The van der Waals surface area contributed by atoms with Crippen LogP contribution < -0.4 is 0 Å². The van der Waals surface area contributed by atoms with E-state index in [0.29, 0.717) is 31.3 Å². The fourth-order valence-electron chi connectivity index (χ4n) is 6.14. The summed E-state index contributed by atoms with van der Waals surface area (Å²) < 4.78 is 0. The Morgan fingerprint density at radius 3 is 2.50 bits per heavy atom. The van der Waals surface area contributed by atoms with Crippen LogP contribution >= 0.6 is 0 Å². The normalized spacial score (nSPS) is 54.0. The van der Waals surface area contributed by atoms with Crippen LogP contribution in [0.2, 0.25) is 0 Å². The lowest BCUT2D eigenvalue weighted by molar-refractivity contribution is -0.154. The van der Waals surface area contributed by atoms with Crippen LogP contribution in [0.3, 0.4) is 0 Å². The van der Waals surface area contributed by atoms with Gasteiger partial charge in [0.05, 0.1) is 23.2 Å². The van der Waals surface area contributed by atoms with Gasteiger partial charge in [-0.15, -0.1) is 0 Å². The first-order chi connectivity index (χ1) is 11.1. The molecule has 0 heterocycles. The molecule has 3 fully saturated rings. The Bertz CT molecular complexity index is 654. The Morgan fingerprint density at radius 1 is 1.08 bits per heavy atom. The fraction of sp³-hybridized carbons (Fsp3) is 0.789. The number of hydrogen-bond donors (Lipinski definition) is 3. The second-order valence-electron chi connectivity index (χ2n) is 8.84. The van der Waals surface area contributed by atoms with E-state index >= 15 is 0 Å². The number of carbonyl (C=O) groups excluding carboxylic acids is 2. The summed E-state index contributed by atoms with van der Waals surface area (Å²) in [6.45, 7) is 3.84. The van der Waals surface area contributed by atoms with E-state index in [0.717, 1.165) is 6.42 Å². The number of aliphatic hydroxyl groups excluding tert-OH is 2. The zero-order valence-corrected chi connectivity index (χ0v) is 14.3. The number of ketones is 2. The van der Waals surface area contributed by atoms with Gasteiger partial charge in [-0.1, -0.05) is 6.92 Å². The number of Topliss-reactive ketones (excluding diaryl/α,β-unsaturated/α-hetero) is 1. The van der Waals surface area contributed by atoms with Crippen LogP contribution in [-0.2, 0) is 9.59 Å². The molecule has 0 aliphatic heterocycles. The molecule has 0 spiro atoms. The van der Waals surface area contributed by atoms with E-state index in [1.165, 1.54) is 0 Å². The van der Waals surface area contributed by atoms with Gasteiger partial charge in [0.2, 0.25) is 0 Å². The molecule has 3 N–H and O–H groups in total. The van der Waals surface area contributed by atoms with E-state index in [9.17, 15) is 24.9 Å². The van der Waals surface area contributed by atoms with Crippen LogP contribution in [0, 0.1) is 22.7 Å². The Labute approximate surface area is 141 Å². The first-order valence-corrected chi connectivity index (χ1v) is 9.01. The maximum absolute atomic E-state index is 12.8. The van der Waals surface area contributed by atoms with Gasteiger partial charge in [0.25, 0.3) is 0 Å². The lowest BCUT2D eigenvalue weighted by atomic mass is 9.47. The molecule has 4 rings (SSSR count). The molecule has 0 aromatic heterocycles. The van der Waals surface area contributed by atoms with Gasteiger partial charge >= 0.3 is 0 Å². The largest absolute Gasteiger partial charge is 0.390 e. The Kier molecular flexibility index (Phi) is 3.27. The summed E-state index contributed by atoms with van der Waals surface area (Å²) in [5.41, 5.74) is -1.80. The topological polar surface area (TPSA) is 94.8 Å². The number of fused-ring (bicyclic) bond motifs is 5. The van der Waals surface area contributed by atoms with Gasteiger partial charge in [-0.05, 0) is 62.0 Å². The second-order valence-corrected chi connectivity index (χ2v) is 8.84. The van der Waals surface area contributed by atoms with Crippen LogP contribution in [0.15, 0.2) is 11.6 Å². The molecular formula is C19H26O5. The first kappa shape index (κ1) is 16.4. The second kappa shape index (κ2) is 4.77. The Hall–Kier alpha value is -1.04. The third-order valence-corrected chi connectivity index (χ3v) is 7.83. The number of rotatable bonds is 0. The molecular weight excluding hydrogens is 308 g/mol. The molecule has 132 valence electrons. The third kappa shape index (κ3) is 1.76. The molecule has 0 aromatic rings. The molecule has 4 aliphatic carbocycles. The van der Waals surface area contributed by atoms with Crippen molar-refractivity contribution in [2.75, 3.05) is 0 Å². The summed E-state index contributed by atoms with van der Waals surface area (Å²) in [5, 5.41) is 31.6. The summed E-state index contributed by atoms with van der Waals surface area (Å²) in [6.07, 6.45) is 2.56. The van der Waals surface area contributed by atoms with Crippen LogP contribution in [0.5, 0.6) is 0 Å². The van der Waals surface area contributed by atoms with Crippen LogP contribution in [0.1, 0.15) is 52.4 Å². The van der Waals surface area contributed by atoms with Crippen molar-refractivity contribution in [1.29, 1.82) is 0 Å². The van der Waals surface area contributed by atoms with Crippen molar-refractivity contribution in [3.05, 3.63) is 11.6 Å². The molecule has 0 amide bonds. The van der Waals surface area contributed by atoms with E-state index in [1.807, 2.05) is 13.8 Å². The summed E-state index contributed by atoms with van der Waals surface area (Å²) in [6, 6.07) is 0. The van der Waals surface area contributed by atoms with Gasteiger partial charge in [-0.25, -0.2) is 0 Å². The van der Waals surface area contributed by atoms with E-state index in [2.05, 4.69) is 0 Å². The molecule has 4 aliphatic rings. The molecule has 5 heteroatoms. The van der Waals surface area contributed by atoms with Crippen LogP contribution in [0.25, 0.3) is 0 Å². The maximum atomic E-state index is 12.8. The van der Waals surface area contributed by atoms with Gasteiger partial charge < -0.3 is 15.3 Å². The quantitative estimate of drug-likeness (QED) is 0.618. The van der Waals surface area contributed by atoms with Crippen molar-refractivity contribution in [2.45, 2.75) is 70.2 Å². The zero-order chi connectivity index (χ0) is 17.5. The fourth-order valence-corrected chi connectivity index (χ4v) is 6.14. The summed E-state index contributed by atoms with van der Waals surface area (Å²) >= 11 is 0. The smallest absolute Gasteiger partial charge is 0.159 e. The van der Waals surface area contributed by atoms with Gasteiger partial charge in [-0.3, -0.25) is 9.59 Å². The van der Waals surface area contributed by atoms with Gasteiger partial charge in [0.15, 0.2) is 5.78 Å². The molecule has 3 saturated carbocycles. The molecule has 0 saturated heterocycles. The number of carbonyl (C=O) groups is 2. The highest BCUT2D eigenvalue weighted by Crippen LogP contribution is 2.64. The Morgan fingerprint density at radius 2 is 1.79 bits per heavy atom. The molecule has 24 heavy (non-hydrogen) atoms. The minimum atomic E-state index is -1.24. The molecule has 0 unspecified atom stereocenters. The minimum Gasteiger partial charge on any atom is -0.390 e. The van der Waals surface area contributed by atoms with Crippen molar-refractivity contribution < 1.29 is 24.9 Å².